The van der Waals surface area contributed by atoms with Gasteiger partial charge in [-0.2, -0.15) is 4.98 Å². The first-order chi connectivity index (χ1) is 14.1. The van der Waals surface area contributed by atoms with Crippen LogP contribution < -0.4 is 5.32 Å². The van der Waals surface area contributed by atoms with E-state index in [0.29, 0.717) is 22.3 Å². The van der Waals surface area contributed by atoms with Gasteiger partial charge in [0.25, 0.3) is 0 Å². The molecular weight excluding hydrogens is 396 g/mol. The summed E-state index contributed by atoms with van der Waals surface area (Å²) in [6.07, 6.45) is 3.61. The minimum absolute atomic E-state index is 0.0301. The van der Waals surface area contributed by atoms with Gasteiger partial charge in [0.1, 0.15) is 0 Å². The van der Waals surface area contributed by atoms with Gasteiger partial charge < -0.3 is 14.6 Å². The lowest BCUT2D eigenvalue weighted by Gasteiger charge is -2.19. The highest BCUT2D eigenvalue weighted by atomic mass is 35.5. The molecular formula is C20H19ClN4O4. The van der Waals surface area contributed by atoms with Crippen molar-refractivity contribution in [3.8, 4) is 11.4 Å². The molecule has 2 aromatic heterocycles. The van der Waals surface area contributed by atoms with Crippen LogP contribution in [0.4, 0.5) is 0 Å². The fraction of sp³-hybridized carbons (Fsp3) is 0.250. The zero-order valence-electron chi connectivity index (χ0n) is 15.7. The molecule has 1 amide bonds. The number of esters is 1. The molecule has 3 rings (SSSR count). The number of rotatable bonds is 8. The van der Waals surface area contributed by atoms with Crippen LogP contribution in [0.2, 0.25) is 5.02 Å². The van der Waals surface area contributed by atoms with Crippen molar-refractivity contribution in [3.63, 3.8) is 0 Å². The van der Waals surface area contributed by atoms with E-state index in [0.717, 1.165) is 5.56 Å². The molecule has 1 atom stereocenters. The lowest BCUT2D eigenvalue weighted by atomic mass is 10.0. The van der Waals surface area contributed by atoms with E-state index in [4.69, 9.17) is 20.9 Å². The van der Waals surface area contributed by atoms with E-state index < -0.39 is 12.0 Å². The number of nitrogens with zero attached hydrogens (tertiary/aromatic N) is 3. The summed E-state index contributed by atoms with van der Waals surface area (Å²) in [4.78, 5) is 32.5. The second kappa shape index (κ2) is 9.79. The van der Waals surface area contributed by atoms with Crippen molar-refractivity contribution in [2.45, 2.75) is 25.3 Å². The number of hydrogen-bond acceptors (Lipinski definition) is 7. The minimum Gasteiger partial charge on any atom is -0.469 e. The second-order valence-electron chi connectivity index (χ2n) is 6.18. The van der Waals surface area contributed by atoms with E-state index in [9.17, 15) is 9.59 Å². The number of ether oxygens (including phenoxy) is 1. The molecule has 0 aliphatic carbocycles. The van der Waals surface area contributed by atoms with E-state index in [1.54, 1.807) is 42.7 Å². The number of carbonyl (C=O) groups excluding carboxylic acids is 2. The molecule has 0 spiro atoms. The van der Waals surface area contributed by atoms with Gasteiger partial charge in [-0.3, -0.25) is 14.6 Å². The van der Waals surface area contributed by atoms with Crippen LogP contribution in [-0.2, 0) is 20.7 Å². The molecule has 0 fully saturated rings. The highest BCUT2D eigenvalue weighted by molar-refractivity contribution is 6.31. The third-order valence-corrected chi connectivity index (χ3v) is 4.51. The summed E-state index contributed by atoms with van der Waals surface area (Å²) < 4.78 is 9.92. The second-order valence-corrected chi connectivity index (χ2v) is 6.58. The van der Waals surface area contributed by atoms with Gasteiger partial charge in [-0.25, -0.2) is 0 Å². The molecule has 0 aliphatic heterocycles. The summed E-state index contributed by atoms with van der Waals surface area (Å²) >= 11 is 6.22. The van der Waals surface area contributed by atoms with Crippen LogP contribution in [0.3, 0.4) is 0 Å². The Balaban J connectivity index is 1.62. The average molecular weight is 415 g/mol. The van der Waals surface area contributed by atoms with E-state index >= 15 is 0 Å². The largest absolute Gasteiger partial charge is 0.469 e. The molecule has 0 bridgehead atoms. The number of aromatic nitrogens is 3. The van der Waals surface area contributed by atoms with Crippen LogP contribution in [0.15, 0.2) is 53.3 Å². The zero-order chi connectivity index (χ0) is 20.6. The summed E-state index contributed by atoms with van der Waals surface area (Å²) in [5.74, 6) is 0.0163. The quantitative estimate of drug-likeness (QED) is 0.564. The monoisotopic (exact) mass is 414 g/mol. The standard InChI is InChI=1S/C20H19ClN4O4/c1-28-19(27)11-16(14-6-2-3-7-15(14)21)23-17(26)8-9-18-24-20(25-29-18)13-5-4-10-22-12-13/h2-7,10,12,16H,8-9,11H2,1H3,(H,23,26). The number of hydrogen-bond donors (Lipinski definition) is 1. The summed E-state index contributed by atoms with van der Waals surface area (Å²) in [5.41, 5.74) is 1.37. The molecule has 9 heteroatoms. The van der Waals surface area contributed by atoms with Crippen molar-refractivity contribution in [1.82, 2.24) is 20.4 Å². The van der Waals surface area contributed by atoms with Crippen molar-refractivity contribution in [1.29, 1.82) is 0 Å². The molecule has 0 aliphatic rings. The van der Waals surface area contributed by atoms with E-state index in [1.807, 2.05) is 6.07 Å². The van der Waals surface area contributed by atoms with Crippen molar-refractivity contribution in [2.75, 3.05) is 7.11 Å². The first kappa shape index (κ1) is 20.5. The number of carbonyl (C=O) groups is 2. The number of methoxy groups -OCH3 is 1. The third kappa shape index (κ3) is 5.61. The van der Waals surface area contributed by atoms with Crippen molar-refractivity contribution < 1.29 is 18.8 Å². The van der Waals surface area contributed by atoms with E-state index in [-0.39, 0.29) is 25.2 Å². The SMILES string of the molecule is COC(=O)CC(NC(=O)CCc1nc(-c2cccnc2)no1)c1ccccc1Cl. The Hall–Kier alpha value is -3.26. The van der Waals surface area contributed by atoms with Crippen LogP contribution in [0.5, 0.6) is 0 Å². The molecule has 29 heavy (non-hydrogen) atoms. The normalized spacial score (nSPS) is 11.7. The summed E-state index contributed by atoms with van der Waals surface area (Å²) in [7, 11) is 1.29. The molecule has 1 unspecified atom stereocenters. The summed E-state index contributed by atoms with van der Waals surface area (Å²) in [6, 6.07) is 10.0. The number of benzene rings is 1. The number of nitrogens with one attached hydrogen (secondary N) is 1. The predicted molar refractivity (Wildman–Crippen MR) is 105 cm³/mol. The predicted octanol–water partition coefficient (Wildman–Crippen LogP) is 3.14. The molecule has 150 valence electrons. The Morgan fingerprint density at radius 3 is 2.79 bits per heavy atom. The fourth-order valence-electron chi connectivity index (χ4n) is 2.70. The zero-order valence-corrected chi connectivity index (χ0v) is 16.4. The highest BCUT2D eigenvalue weighted by Gasteiger charge is 2.21. The van der Waals surface area contributed by atoms with Crippen LogP contribution in [0.1, 0.15) is 30.3 Å². The van der Waals surface area contributed by atoms with Crippen LogP contribution in [0, 0.1) is 0 Å². The topological polar surface area (TPSA) is 107 Å². The van der Waals surface area contributed by atoms with Gasteiger partial charge in [-0.05, 0) is 23.8 Å². The third-order valence-electron chi connectivity index (χ3n) is 4.17. The molecule has 0 saturated heterocycles. The fourth-order valence-corrected chi connectivity index (χ4v) is 2.97. The van der Waals surface area contributed by atoms with Gasteiger partial charge in [0.2, 0.25) is 17.6 Å². The lowest BCUT2D eigenvalue weighted by molar-refractivity contribution is -0.141. The number of amides is 1. The number of pyridine rings is 1. The van der Waals surface area contributed by atoms with Crippen LogP contribution >= 0.6 is 11.6 Å². The average Bonchev–Trinajstić information content (AvgIpc) is 3.22. The molecule has 0 saturated carbocycles. The molecule has 1 N–H and O–H groups in total. The Kier molecular flexibility index (Phi) is 6.91. The van der Waals surface area contributed by atoms with Gasteiger partial charge in [0, 0.05) is 35.8 Å². The maximum absolute atomic E-state index is 12.5. The van der Waals surface area contributed by atoms with Gasteiger partial charge in [0.05, 0.1) is 19.6 Å². The lowest BCUT2D eigenvalue weighted by Crippen LogP contribution is -2.30. The molecule has 3 aromatic rings. The van der Waals surface area contributed by atoms with Crippen LogP contribution in [-0.4, -0.2) is 34.1 Å². The first-order valence-corrected chi connectivity index (χ1v) is 9.28. The Labute approximate surface area is 172 Å². The van der Waals surface area contributed by atoms with Crippen molar-refractivity contribution in [3.05, 3.63) is 65.3 Å². The maximum atomic E-state index is 12.5. The highest BCUT2D eigenvalue weighted by Crippen LogP contribution is 2.25. The molecule has 0 radical (unpaired) electrons. The van der Waals surface area contributed by atoms with Gasteiger partial charge in [-0.1, -0.05) is 35.0 Å². The molecule has 2 heterocycles. The summed E-state index contributed by atoms with van der Waals surface area (Å²) in [5, 5.41) is 7.18. The first-order valence-electron chi connectivity index (χ1n) is 8.90. The summed E-state index contributed by atoms with van der Waals surface area (Å²) in [6.45, 7) is 0. The van der Waals surface area contributed by atoms with Gasteiger partial charge in [0.15, 0.2) is 0 Å². The number of aryl methyl sites for hydroxylation is 1. The maximum Gasteiger partial charge on any atom is 0.307 e. The van der Waals surface area contributed by atoms with Crippen molar-refractivity contribution in [2.24, 2.45) is 0 Å². The Bertz CT molecular complexity index is 977. The van der Waals surface area contributed by atoms with E-state index in [1.165, 1.54) is 7.11 Å². The minimum atomic E-state index is -0.600. The molecule has 8 nitrogen and oxygen atoms in total. The smallest absolute Gasteiger partial charge is 0.307 e. The molecule has 1 aromatic carbocycles. The van der Waals surface area contributed by atoms with Gasteiger partial charge >= 0.3 is 5.97 Å². The van der Waals surface area contributed by atoms with Crippen LogP contribution in [0.25, 0.3) is 11.4 Å². The van der Waals surface area contributed by atoms with Crippen molar-refractivity contribution >= 4 is 23.5 Å². The van der Waals surface area contributed by atoms with E-state index in [2.05, 4.69) is 20.4 Å². The number of halogens is 1. The Morgan fingerprint density at radius 2 is 2.07 bits per heavy atom. The van der Waals surface area contributed by atoms with Gasteiger partial charge in [-0.15, -0.1) is 0 Å². The Morgan fingerprint density at radius 1 is 1.24 bits per heavy atom.